The van der Waals surface area contributed by atoms with E-state index in [4.69, 9.17) is 11.5 Å². The molecule has 1 amide bonds. The summed E-state index contributed by atoms with van der Waals surface area (Å²) in [5, 5.41) is 0. The molecule has 1 aromatic rings. The maximum Gasteiger partial charge on any atom is 0.250 e. The number of carbonyl (C=O) groups excluding carboxylic acids is 1. The van der Waals surface area contributed by atoms with Crippen LogP contribution in [0.2, 0.25) is 0 Å². The van der Waals surface area contributed by atoms with Gasteiger partial charge in [0.15, 0.2) is 0 Å². The Morgan fingerprint density at radius 3 is 2.42 bits per heavy atom. The van der Waals surface area contributed by atoms with Crippen molar-refractivity contribution < 1.29 is 4.79 Å². The van der Waals surface area contributed by atoms with E-state index in [-0.39, 0.29) is 0 Å². The fourth-order valence-electron chi connectivity index (χ4n) is 2.83. The van der Waals surface area contributed by atoms with Gasteiger partial charge in [-0.25, -0.2) is 0 Å². The van der Waals surface area contributed by atoms with Crippen molar-refractivity contribution >= 4 is 17.3 Å². The number of benzene rings is 1. The van der Waals surface area contributed by atoms with Gasteiger partial charge in [-0.3, -0.25) is 4.79 Å². The van der Waals surface area contributed by atoms with E-state index in [1.54, 1.807) is 6.07 Å². The number of amides is 1. The lowest BCUT2D eigenvalue weighted by Crippen LogP contribution is -2.31. The fourth-order valence-corrected chi connectivity index (χ4v) is 2.83. The molecule has 104 valence electrons. The number of nitrogen functional groups attached to an aromatic ring is 1. The minimum atomic E-state index is -0.464. The Balaban J connectivity index is 2.20. The smallest absolute Gasteiger partial charge is 0.250 e. The third-order valence-electron chi connectivity index (χ3n) is 4.08. The van der Waals surface area contributed by atoms with Crippen LogP contribution in [-0.2, 0) is 0 Å². The average Bonchev–Trinajstić information content (AvgIpc) is 2.67. The Kier molecular flexibility index (Phi) is 4.30. The van der Waals surface area contributed by atoms with Crippen molar-refractivity contribution in [1.29, 1.82) is 0 Å². The molecule has 0 heterocycles. The quantitative estimate of drug-likeness (QED) is 0.648. The molecule has 1 aromatic carbocycles. The summed E-state index contributed by atoms with van der Waals surface area (Å²) in [7, 11) is 2.09. The Morgan fingerprint density at radius 2 is 1.84 bits per heavy atom. The highest BCUT2D eigenvalue weighted by Crippen LogP contribution is 2.27. The Hall–Kier alpha value is -1.71. The summed E-state index contributed by atoms with van der Waals surface area (Å²) < 4.78 is 0. The van der Waals surface area contributed by atoms with E-state index in [1.807, 2.05) is 12.1 Å². The molecular formula is C15H23N3O. The lowest BCUT2D eigenvalue weighted by molar-refractivity contribution is 0.100. The minimum Gasteiger partial charge on any atom is -0.398 e. The summed E-state index contributed by atoms with van der Waals surface area (Å²) in [5.74, 6) is -0.464. The highest BCUT2D eigenvalue weighted by molar-refractivity contribution is 5.99. The summed E-state index contributed by atoms with van der Waals surface area (Å²) in [6.07, 6.45) is 7.66. The third-order valence-corrected chi connectivity index (χ3v) is 4.08. The van der Waals surface area contributed by atoms with Crippen LogP contribution in [0.4, 0.5) is 11.4 Å². The summed E-state index contributed by atoms with van der Waals surface area (Å²) in [5.41, 5.74) is 13.0. The zero-order valence-corrected chi connectivity index (χ0v) is 11.6. The lowest BCUT2D eigenvalue weighted by atomic mass is 10.1. The number of hydrogen-bond acceptors (Lipinski definition) is 3. The molecule has 0 saturated heterocycles. The van der Waals surface area contributed by atoms with Gasteiger partial charge in [-0.1, -0.05) is 25.7 Å². The molecule has 0 aliphatic heterocycles. The van der Waals surface area contributed by atoms with Crippen molar-refractivity contribution in [2.75, 3.05) is 17.7 Å². The molecule has 1 aliphatic carbocycles. The second kappa shape index (κ2) is 5.95. The molecule has 1 aliphatic rings. The molecule has 1 saturated carbocycles. The van der Waals surface area contributed by atoms with Crippen LogP contribution in [0.5, 0.6) is 0 Å². The number of rotatable bonds is 3. The van der Waals surface area contributed by atoms with E-state index in [0.717, 1.165) is 5.69 Å². The van der Waals surface area contributed by atoms with Crippen molar-refractivity contribution in [2.24, 2.45) is 5.73 Å². The molecule has 4 heteroatoms. The summed E-state index contributed by atoms with van der Waals surface area (Å²) in [6, 6.07) is 6.09. The molecule has 0 bridgehead atoms. The molecule has 4 nitrogen and oxygen atoms in total. The molecule has 4 N–H and O–H groups in total. The predicted molar refractivity (Wildman–Crippen MR) is 79.3 cm³/mol. The van der Waals surface area contributed by atoms with E-state index in [1.165, 1.54) is 38.5 Å². The van der Waals surface area contributed by atoms with E-state index in [9.17, 15) is 4.79 Å². The van der Waals surface area contributed by atoms with Gasteiger partial charge < -0.3 is 16.4 Å². The summed E-state index contributed by atoms with van der Waals surface area (Å²) in [6.45, 7) is 0. The first-order valence-electron chi connectivity index (χ1n) is 7.02. The normalized spacial score (nSPS) is 16.9. The van der Waals surface area contributed by atoms with Crippen LogP contribution in [0.1, 0.15) is 48.9 Å². The molecule has 19 heavy (non-hydrogen) atoms. The minimum absolute atomic E-state index is 0.415. The molecule has 0 aromatic heterocycles. The van der Waals surface area contributed by atoms with Gasteiger partial charge >= 0.3 is 0 Å². The standard InChI is InChI=1S/C15H23N3O/c1-18(11-6-4-2-3-5-7-11)12-8-9-14(16)13(10-12)15(17)19/h8-11H,2-7,16H2,1H3,(H2,17,19). The zero-order chi connectivity index (χ0) is 13.8. The first-order chi connectivity index (χ1) is 9.09. The van der Waals surface area contributed by atoms with Crippen LogP contribution < -0.4 is 16.4 Å². The van der Waals surface area contributed by atoms with Crippen molar-refractivity contribution in [3.8, 4) is 0 Å². The van der Waals surface area contributed by atoms with Crippen molar-refractivity contribution in [3.63, 3.8) is 0 Å². The second-order valence-corrected chi connectivity index (χ2v) is 5.39. The maximum absolute atomic E-state index is 11.4. The van der Waals surface area contributed by atoms with E-state index in [0.29, 0.717) is 17.3 Å². The number of anilines is 2. The summed E-state index contributed by atoms with van der Waals surface area (Å²) in [4.78, 5) is 13.6. The zero-order valence-electron chi connectivity index (χ0n) is 11.6. The second-order valence-electron chi connectivity index (χ2n) is 5.39. The van der Waals surface area contributed by atoms with Crippen LogP contribution >= 0.6 is 0 Å². The Morgan fingerprint density at radius 1 is 1.21 bits per heavy atom. The lowest BCUT2D eigenvalue weighted by Gasteiger charge is -2.29. The largest absolute Gasteiger partial charge is 0.398 e. The number of nitrogens with zero attached hydrogens (tertiary/aromatic N) is 1. The number of nitrogens with two attached hydrogens (primary N) is 2. The average molecular weight is 261 g/mol. The fraction of sp³-hybridized carbons (Fsp3) is 0.533. The van der Waals surface area contributed by atoms with E-state index in [2.05, 4.69) is 11.9 Å². The number of primary amides is 1. The number of hydrogen-bond donors (Lipinski definition) is 2. The van der Waals surface area contributed by atoms with Crippen LogP contribution in [0.3, 0.4) is 0 Å². The molecule has 0 radical (unpaired) electrons. The van der Waals surface area contributed by atoms with Crippen molar-refractivity contribution in [2.45, 2.75) is 44.6 Å². The van der Waals surface area contributed by atoms with Crippen LogP contribution in [0.25, 0.3) is 0 Å². The van der Waals surface area contributed by atoms with Gasteiger partial charge in [0.25, 0.3) is 5.91 Å². The highest BCUT2D eigenvalue weighted by Gasteiger charge is 2.18. The monoisotopic (exact) mass is 261 g/mol. The first kappa shape index (κ1) is 13.7. The highest BCUT2D eigenvalue weighted by atomic mass is 16.1. The SMILES string of the molecule is CN(c1ccc(N)c(C(N)=O)c1)C1CCCCCC1. The van der Waals surface area contributed by atoms with Crippen molar-refractivity contribution in [1.82, 2.24) is 0 Å². The van der Waals surface area contributed by atoms with Crippen molar-refractivity contribution in [3.05, 3.63) is 23.8 Å². The molecule has 0 spiro atoms. The van der Waals surface area contributed by atoms with Crippen LogP contribution in [0.15, 0.2) is 18.2 Å². The van der Waals surface area contributed by atoms with Gasteiger partial charge in [0.05, 0.1) is 5.56 Å². The van der Waals surface area contributed by atoms with Gasteiger partial charge in [-0.15, -0.1) is 0 Å². The molecule has 0 atom stereocenters. The predicted octanol–water partition coefficient (Wildman–Crippen LogP) is 2.53. The van der Waals surface area contributed by atoms with Gasteiger partial charge in [0.2, 0.25) is 0 Å². The summed E-state index contributed by atoms with van der Waals surface area (Å²) >= 11 is 0. The first-order valence-corrected chi connectivity index (χ1v) is 7.02. The Bertz CT molecular complexity index is 451. The van der Waals surface area contributed by atoms with Crippen LogP contribution in [-0.4, -0.2) is 19.0 Å². The molecule has 0 unspecified atom stereocenters. The third kappa shape index (κ3) is 3.19. The number of carbonyl (C=O) groups is 1. The Labute approximate surface area is 114 Å². The van der Waals surface area contributed by atoms with Gasteiger partial charge in [-0.05, 0) is 31.0 Å². The van der Waals surface area contributed by atoms with E-state index < -0.39 is 5.91 Å². The van der Waals surface area contributed by atoms with Gasteiger partial charge in [0, 0.05) is 24.5 Å². The molecule has 1 fully saturated rings. The van der Waals surface area contributed by atoms with Gasteiger partial charge in [-0.2, -0.15) is 0 Å². The van der Waals surface area contributed by atoms with E-state index >= 15 is 0 Å². The molecule has 2 rings (SSSR count). The maximum atomic E-state index is 11.4. The van der Waals surface area contributed by atoms with Gasteiger partial charge in [0.1, 0.15) is 0 Å². The van der Waals surface area contributed by atoms with Crippen LogP contribution in [0, 0.1) is 0 Å². The topological polar surface area (TPSA) is 72.3 Å². The molecular weight excluding hydrogens is 238 g/mol.